The molecule has 0 radical (unpaired) electrons. The van der Waals surface area contributed by atoms with Crippen LogP contribution in [-0.2, 0) is 11.8 Å². The molecule has 1 aliphatic rings. The molecule has 9 nitrogen and oxygen atoms in total. The molecular formula is C15H19N7O2. The summed E-state index contributed by atoms with van der Waals surface area (Å²) in [5, 5.41) is 7.34. The number of aryl methyl sites for hydroxylation is 2. The van der Waals surface area contributed by atoms with Gasteiger partial charge >= 0.3 is 0 Å². The quantitative estimate of drug-likeness (QED) is 0.828. The van der Waals surface area contributed by atoms with Gasteiger partial charge in [0.15, 0.2) is 0 Å². The number of piperidine rings is 1. The van der Waals surface area contributed by atoms with Crippen LogP contribution in [0.2, 0.25) is 0 Å². The number of hydrogen-bond acceptors (Lipinski definition) is 6. The van der Waals surface area contributed by atoms with Gasteiger partial charge in [0.2, 0.25) is 0 Å². The van der Waals surface area contributed by atoms with Crippen molar-refractivity contribution in [3.8, 4) is 0 Å². The lowest BCUT2D eigenvalue weighted by Crippen LogP contribution is -2.48. The lowest BCUT2D eigenvalue weighted by molar-refractivity contribution is -0.120. The van der Waals surface area contributed by atoms with Crippen LogP contribution in [0.25, 0.3) is 0 Å². The highest BCUT2D eigenvalue weighted by Gasteiger charge is 2.31. The van der Waals surface area contributed by atoms with E-state index in [0.717, 1.165) is 17.9 Å². The van der Waals surface area contributed by atoms with Crippen molar-refractivity contribution in [3.05, 3.63) is 29.8 Å². The highest BCUT2D eigenvalue weighted by atomic mass is 16.2. The molecule has 1 unspecified atom stereocenters. The molecule has 1 aliphatic heterocycles. The summed E-state index contributed by atoms with van der Waals surface area (Å²) in [7, 11) is 1.81. The fourth-order valence-corrected chi connectivity index (χ4v) is 2.82. The van der Waals surface area contributed by atoms with Crippen LogP contribution in [-0.4, -0.2) is 44.1 Å². The van der Waals surface area contributed by atoms with Crippen LogP contribution in [0.3, 0.4) is 0 Å². The van der Waals surface area contributed by atoms with Crippen LogP contribution in [0.15, 0.2) is 18.5 Å². The number of hydrogen-bond donors (Lipinski definition) is 2. The van der Waals surface area contributed by atoms with Crippen molar-refractivity contribution < 1.29 is 9.59 Å². The van der Waals surface area contributed by atoms with E-state index in [-0.39, 0.29) is 11.6 Å². The molecule has 3 N–H and O–H groups in total. The standard InChI is InChI=1S/C15H19N7O2/c1-9-6-13(21(2)20-9)22-5-3-4-10(15(22)24)18-12-8-17-7-11(19-12)14(16)23/h6-8,10H,3-5H2,1-2H3,(H2,16,23)(H,18,19). The number of nitrogens with one attached hydrogen (secondary N) is 1. The Kier molecular flexibility index (Phi) is 4.15. The van der Waals surface area contributed by atoms with Gasteiger partial charge in [-0.1, -0.05) is 0 Å². The molecule has 9 heteroatoms. The van der Waals surface area contributed by atoms with E-state index in [0.29, 0.717) is 18.8 Å². The number of aromatic nitrogens is 4. The minimum atomic E-state index is -0.659. The van der Waals surface area contributed by atoms with Crippen molar-refractivity contribution in [1.82, 2.24) is 19.7 Å². The Balaban J connectivity index is 1.79. The summed E-state index contributed by atoms with van der Waals surface area (Å²) in [4.78, 5) is 33.7. The molecule has 24 heavy (non-hydrogen) atoms. The monoisotopic (exact) mass is 329 g/mol. The third-order valence-corrected chi connectivity index (χ3v) is 3.90. The Morgan fingerprint density at radius 1 is 1.42 bits per heavy atom. The maximum absolute atomic E-state index is 12.8. The molecule has 1 saturated heterocycles. The van der Waals surface area contributed by atoms with Crippen molar-refractivity contribution in [1.29, 1.82) is 0 Å². The lowest BCUT2D eigenvalue weighted by Gasteiger charge is -2.32. The van der Waals surface area contributed by atoms with Crippen LogP contribution < -0.4 is 16.0 Å². The number of carbonyl (C=O) groups is 2. The first-order valence-corrected chi connectivity index (χ1v) is 7.66. The Labute approximate surface area is 138 Å². The van der Waals surface area contributed by atoms with E-state index in [4.69, 9.17) is 5.73 Å². The van der Waals surface area contributed by atoms with E-state index in [9.17, 15) is 9.59 Å². The second kappa shape index (κ2) is 6.26. The van der Waals surface area contributed by atoms with E-state index < -0.39 is 11.9 Å². The first-order valence-electron chi connectivity index (χ1n) is 7.66. The molecule has 0 aromatic carbocycles. The SMILES string of the molecule is Cc1cc(N2CCCC(Nc3cncc(C(N)=O)n3)C2=O)n(C)n1. The van der Waals surface area contributed by atoms with E-state index in [1.54, 1.807) is 9.58 Å². The lowest BCUT2D eigenvalue weighted by atomic mass is 10.0. The van der Waals surface area contributed by atoms with Crippen LogP contribution in [0.4, 0.5) is 11.6 Å². The van der Waals surface area contributed by atoms with Gasteiger partial charge in [0.1, 0.15) is 23.4 Å². The summed E-state index contributed by atoms with van der Waals surface area (Å²) in [6.45, 7) is 2.53. The second-order valence-corrected chi connectivity index (χ2v) is 5.75. The van der Waals surface area contributed by atoms with E-state index in [1.807, 2.05) is 20.0 Å². The predicted molar refractivity (Wildman–Crippen MR) is 87.5 cm³/mol. The summed E-state index contributed by atoms with van der Waals surface area (Å²) >= 11 is 0. The number of nitrogens with zero attached hydrogens (tertiary/aromatic N) is 5. The fraction of sp³-hybridized carbons (Fsp3) is 0.400. The van der Waals surface area contributed by atoms with Crippen molar-refractivity contribution in [2.45, 2.75) is 25.8 Å². The Morgan fingerprint density at radius 2 is 2.21 bits per heavy atom. The average molecular weight is 329 g/mol. The minimum Gasteiger partial charge on any atom is -0.364 e. The summed E-state index contributed by atoms with van der Waals surface area (Å²) < 4.78 is 1.70. The number of rotatable bonds is 4. The zero-order valence-corrected chi connectivity index (χ0v) is 13.6. The predicted octanol–water partition coefficient (Wildman–Crippen LogP) is 0.225. The number of nitrogens with two attached hydrogens (primary N) is 1. The zero-order valence-electron chi connectivity index (χ0n) is 13.6. The number of anilines is 2. The minimum absolute atomic E-state index is 0.0578. The molecule has 0 spiro atoms. The summed E-state index contributed by atoms with van der Waals surface area (Å²) in [6, 6.07) is 1.44. The summed E-state index contributed by atoms with van der Waals surface area (Å²) in [6.07, 6.45) is 4.28. The van der Waals surface area contributed by atoms with Gasteiger partial charge in [0, 0.05) is 19.7 Å². The Hall–Kier alpha value is -2.97. The molecule has 0 aliphatic carbocycles. The van der Waals surface area contributed by atoms with Gasteiger partial charge in [0.05, 0.1) is 18.1 Å². The van der Waals surface area contributed by atoms with Gasteiger partial charge in [-0.25, -0.2) is 4.98 Å². The highest BCUT2D eigenvalue weighted by Crippen LogP contribution is 2.23. The fourth-order valence-electron chi connectivity index (χ4n) is 2.82. The van der Waals surface area contributed by atoms with Crippen LogP contribution in [0.5, 0.6) is 0 Å². The smallest absolute Gasteiger partial charge is 0.268 e. The van der Waals surface area contributed by atoms with Crippen molar-refractivity contribution >= 4 is 23.5 Å². The van der Waals surface area contributed by atoms with Gasteiger partial charge in [-0.15, -0.1) is 0 Å². The van der Waals surface area contributed by atoms with Crippen molar-refractivity contribution in [2.75, 3.05) is 16.8 Å². The largest absolute Gasteiger partial charge is 0.364 e. The highest BCUT2D eigenvalue weighted by molar-refractivity contribution is 5.99. The number of primary amides is 1. The van der Waals surface area contributed by atoms with Crippen LogP contribution in [0.1, 0.15) is 29.0 Å². The summed E-state index contributed by atoms with van der Waals surface area (Å²) in [5.41, 5.74) is 6.12. The molecule has 1 atom stereocenters. The molecular weight excluding hydrogens is 310 g/mol. The third kappa shape index (κ3) is 3.05. The molecule has 3 heterocycles. The molecule has 3 rings (SSSR count). The maximum Gasteiger partial charge on any atom is 0.268 e. The van der Waals surface area contributed by atoms with Gasteiger partial charge in [0.25, 0.3) is 11.8 Å². The molecule has 126 valence electrons. The zero-order chi connectivity index (χ0) is 17.3. The van der Waals surface area contributed by atoms with Gasteiger partial charge in [-0.2, -0.15) is 5.10 Å². The second-order valence-electron chi connectivity index (χ2n) is 5.75. The topological polar surface area (TPSA) is 119 Å². The van der Waals surface area contributed by atoms with Crippen molar-refractivity contribution in [2.24, 2.45) is 12.8 Å². The molecule has 0 saturated carbocycles. The molecule has 0 bridgehead atoms. The van der Waals surface area contributed by atoms with Crippen LogP contribution in [0, 0.1) is 6.92 Å². The van der Waals surface area contributed by atoms with Crippen LogP contribution >= 0.6 is 0 Å². The molecule has 2 aromatic heterocycles. The Bertz CT molecular complexity index is 786. The maximum atomic E-state index is 12.8. The first kappa shape index (κ1) is 15.9. The number of amides is 2. The molecule has 2 amide bonds. The molecule has 2 aromatic rings. The summed E-state index contributed by atoms with van der Waals surface area (Å²) in [5.74, 6) is 0.400. The van der Waals surface area contributed by atoms with Gasteiger partial charge < -0.3 is 11.1 Å². The van der Waals surface area contributed by atoms with E-state index >= 15 is 0 Å². The van der Waals surface area contributed by atoms with Gasteiger partial charge in [-0.3, -0.25) is 24.2 Å². The van der Waals surface area contributed by atoms with E-state index in [1.165, 1.54) is 12.4 Å². The van der Waals surface area contributed by atoms with Crippen molar-refractivity contribution in [3.63, 3.8) is 0 Å². The molecule has 1 fully saturated rings. The average Bonchev–Trinajstić information content (AvgIpc) is 2.88. The first-order chi connectivity index (χ1) is 11.5. The Morgan fingerprint density at radius 3 is 2.88 bits per heavy atom. The normalized spacial score (nSPS) is 17.8. The third-order valence-electron chi connectivity index (χ3n) is 3.90. The van der Waals surface area contributed by atoms with Gasteiger partial charge in [-0.05, 0) is 19.8 Å². The number of carbonyl (C=O) groups excluding carboxylic acids is 2. The van der Waals surface area contributed by atoms with E-state index in [2.05, 4.69) is 20.4 Å².